The van der Waals surface area contributed by atoms with E-state index in [2.05, 4.69) is 20.8 Å². The van der Waals surface area contributed by atoms with Crippen molar-refractivity contribution in [1.29, 1.82) is 0 Å². The van der Waals surface area contributed by atoms with E-state index in [9.17, 15) is 4.79 Å². The van der Waals surface area contributed by atoms with Crippen LogP contribution < -0.4 is 0 Å². The van der Waals surface area contributed by atoms with Crippen molar-refractivity contribution in [2.24, 2.45) is 0 Å². The molecule has 0 saturated carbocycles. The second-order valence-electron chi connectivity index (χ2n) is 6.23. The molecule has 1 heterocycles. The van der Waals surface area contributed by atoms with Crippen molar-refractivity contribution < 1.29 is 4.79 Å². The van der Waals surface area contributed by atoms with E-state index in [1.54, 1.807) is 6.08 Å². The molecule has 1 aliphatic rings. The average Bonchev–Trinajstić information content (AvgIpc) is 2.65. The topological polar surface area (TPSA) is 23.6 Å². The summed E-state index contributed by atoms with van der Waals surface area (Å²) in [7, 11) is 0. The predicted octanol–water partition coefficient (Wildman–Crippen LogP) is 5.11. The first-order valence-corrected chi connectivity index (χ1v) is 9.95. The number of rotatable bonds is 4. The van der Waals surface area contributed by atoms with Crippen LogP contribution in [0, 0.1) is 0 Å². The van der Waals surface area contributed by atoms with Gasteiger partial charge in [-0.15, -0.1) is 0 Å². The molecule has 0 aliphatic carbocycles. The van der Waals surface area contributed by atoms with E-state index >= 15 is 0 Å². The van der Waals surface area contributed by atoms with Crippen LogP contribution in [0.4, 0.5) is 0 Å². The van der Waals surface area contributed by atoms with E-state index in [1.165, 1.54) is 0 Å². The molecule has 3 rings (SSSR count). The van der Waals surface area contributed by atoms with Crippen LogP contribution in [-0.2, 0) is 11.3 Å². The SMILES string of the molecule is O=C(C=Cc1ccc(Br)cc1)N1CCN(Cc2ccc(Cl)c(Cl)c2)CC1. The summed E-state index contributed by atoms with van der Waals surface area (Å²) in [5.74, 6) is 0.0575. The van der Waals surface area contributed by atoms with Gasteiger partial charge in [-0.25, -0.2) is 0 Å². The molecule has 0 atom stereocenters. The van der Waals surface area contributed by atoms with Crippen molar-refractivity contribution in [3.05, 3.63) is 74.2 Å². The summed E-state index contributed by atoms with van der Waals surface area (Å²) in [6.07, 6.45) is 3.51. The lowest BCUT2D eigenvalue weighted by molar-refractivity contribution is -0.127. The Morgan fingerprint density at radius 1 is 1.00 bits per heavy atom. The molecule has 26 heavy (non-hydrogen) atoms. The first-order chi connectivity index (χ1) is 12.5. The average molecular weight is 454 g/mol. The Morgan fingerprint density at radius 3 is 2.35 bits per heavy atom. The van der Waals surface area contributed by atoms with Gasteiger partial charge in [0, 0.05) is 43.3 Å². The van der Waals surface area contributed by atoms with Gasteiger partial charge >= 0.3 is 0 Å². The zero-order chi connectivity index (χ0) is 18.5. The van der Waals surface area contributed by atoms with Gasteiger partial charge in [-0.05, 0) is 41.5 Å². The third-order valence-electron chi connectivity index (χ3n) is 4.36. The van der Waals surface area contributed by atoms with Gasteiger partial charge in [0.25, 0.3) is 0 Å². The largest absolute Gasteiger partial charge is 0.337 e. The van der Waals surface area contributed by atoms with Crippen LogP contribution in [0.25, 0.3) is 6.08 Å². The molecule has 1 aliphatic heterocycles. The van der Waals surface area contributed by atoms with Crippen LogP contribution in [0.2, 0.25) is 10.0 Å². The lowest BCUT2D eigenvalue weighted by Gasteiger charge is -2.34. The van der Waals surface area contributed by atoms with Crippen LogP contribution in [-0.4, -0.2) is 41.9 Å². The molecule has 136 valence electrons. The van der Waals surface area contributed by atoms with Crippen LogP contribution in [0.15, 0.2) is 53.0 Å². The van der Waals surface area contributed by atoms with Gasteiger partial charge in [-0.1, -0.05) is 57.3 Å². The van der Waals surface area contributed by atoms with Crippen molar-refractivity contribution in [1.82, 2.24) is 9.80 Å². The summed E-state index contributed by atoms with van der Waals surface area (Å²) >= 11 is 15.4. The molecule has 0 radical (unpaired) electrons. The fraction of sp³-hybridized carbons (Fsp3) is 0.250. The summed E-state index contributed by atoms with van der Waals surface area (Å²) in [5, 5.41) is 1.15. The van der Waals surface area contributed by atoms with Gasteiger partial charge in [0.15, 0.2) is 0 Å². The van der Waals surface area contributed by atoms with Crippen LogP contribution in [0.3, 0.4) is 0 Å². The quantitative estimate of drug-likeness (QED) is 0.600. The lowest BCUT2D eigenvalue weighted by atomic mass is 10.2. The van der Waals surface area contributed by atoms with E-state index in [0.717, 1.165) is 48.3 Å². The van der Waals surface area contributed by atoms with Crippen LogP contribution in [0.1, 0.15) is 11.1 Å². The summed E-state index contributed by atoms with van der Waals surface area (Å²) < 4.78 is 1.03. The number of halogens is 3. The second-order valence-corrected chi connectivity index (χ2v) is 7.96. The Morgan fingerprint density at radius 2 is 1.69 bits per heavy atom. The second kappa shape index (κ2) is 9.05. The lowest BCUT2D eigenvalue weighted by Crippen LogP contribution is -2.47. The Bertz CT molecular complexity index is 800. The summed E-state index contributed by atoms with van der Waals surface area (Å²) in [5.41, 5.74) is 2.15. The molecule has 0 spiro atoms. The molecule has 0 aromatic heterocycles. The predicted molar refractivity (Wildman–Crippen MR) is 111 cm³/mol. The van der Waals surface area contributed by atoms with Gasteiger partial charge in [0.1, 0.15) is 0 Å². The standard InChI is InChI=1S/C20H19BrCl2N2O/c21-17-5-1-15(2-6-17)4-8-20(26)25-11-9-24(10-12-25)14-16-3-7-18(22)19(23)13-16/h1-8,13H,9-12,14H2. The number of hydrogen-bond donors (Lipinski definition) is 0. The summed E-state index contributed by atoms with van der Waals surface area (Å²) in [6, 6.07) is 13.6. The zero-order valence-electron chi connectivity index (χ0n) is 14.2. The minimum Gasteiger partial charge on any atom is -0.337 e. The van der Waals surface area contributed by atoms with Gasteiger partial charge in [-0.3, -0.25) is 9.69 Å². The van der Waals surface area contributed by atoms with Crippen molar-refractivity contribution in [3.63, 3.8) is 0 Å². The molecule has 6 heteroatoms. The van der Waals surface area contributed by atoms with E-state index in [-0.39, 0.29) is 5.91 Å². The number of carbonyl (C=O) groups excluding carboxylic acids is 1. The Hall–Kier alpha value is -1.33. The smallest absolute Gasteiger partial charge is 0.246 e. The minimum atomic E-state index is 0.0575. The number of hydrogen-bond acceptors (Lipinski definition) is 2. The van der Waals surface area contributed by atoms with E-state index in [0.29, 0.717) is 10.0 Å². The van der Waals surface area contributed by atoms with Crippen molar-refractivity contribution in [2.75, 3.05) is 26.2 Å². The van der Waals surface area contributed by atoms with Gasteiger partial charge in [-0.2, -0.15) is 0 Å². The zero-order valence-corrected chi connectivity index (χ0v) is 17.3. The number of nitrogens with zero attached hydrogens (tertiary/aromatic N) is 2. The molecule has 1 saturated heterocycles. The molecule has 2 aromatic carbocycles. The maximum atomic E-state index is 12.4. The van der Waals surface area contributed by atoms with E-state index < -0.39 is 0 Å². The maximum Gasteiger partial charge on any atom is 0.246 e. The number of amides is 1. The highest BCUT2D eigenvalue weighted by molar-refractivity contribution is 9.10. The van der Waals surface area contributed by atoms with Gasteiger partial charge < -0.3 is 4.90 Å². The molecule has 0 bridgehead atoms. The monoisotopic (exact) mass is 452 g/mol. The molecule has 0 unspecified atom stereocenters. The fourth-order valence-corrected chi connectivity index (χ4v) is 3.45. The molecule has 2 aromatic rings. The van der Waals surface area contributed by atoms with Crippen molar-refractivity contribution in [2.45, 2.75) is 6.54 Å². The number of benzene rings is 2. The summed E-state index contributed by atoms with van der Waals surface area (Å²) in [4.78, 5) is 16.6. The molecule has 3 nitrogen and oxygen atoms in total. The third-order valence-corrected chi connectivity index (χ3v) is 5.63. The minimum absolute atomic E-state index is 0.0575. The van der Waals surface area contributed by atoms with E-state index in [1.807, 2.05) is 53.4 Å². The number of piperazine rings is 1. The highest BCUT2D eigenvalue weighted by Gasteiger charge is 2.19. The summed E-state index contributed by atoms with van der Waals surface area (Å²) in [6.45, 7) is 3.96. The Kier molecular flexibility index (Phi) is 6.76. The highest BCUT2D eigenvalue weighted by Crippen LogP contribution is 2.23. The van der Waals surface area contributed by atoms with E-state index in [4.69, 9.17) is 23.2 Å². The third kappa shape index (κ3) is 5.34. The first-order valence-electron chi connectivity index (χ1n) is 8.40. The highest BCUT2D eigenvalue weighted by atomic mass is 79.9. The molecular formula is C20H19BrCl2N2O. The van der Waals surface area contributed by atoms with Gasteiger partial charge in [0.05, 0.1) is 10.0 Å². The fourth-order valence-electron chi connectivity index (χ4n) is 2.87. The number of carbonyl (C=O) groups is 1. The van der Waals surface area contributed by atoms with Crippen LogP contribution >= 0.6 is 39.1 Å². The molecule has 1 fully saturated rings. The maximum absolute atomic E-state index is 12.4. The Balaban J connectivity index is 1.50. The molecule has 0 N–H and O–H groups in total. The van der Waals surface area contributed by atoms with Crippen LogP contribution in [0.5, 0.6) is 0 Å². The van der Waals surface area contributed by atoms with Crippen molar-refractivity contribution >= 4 is 51.1 Å². The molecule has 1 amide bonds. The normalized spacial score (nSPS) is 15.6. The van der Waals surface area contributed by atoms with Gasteiger partial charge in [0.2, 0.25) is 5.91 Å². The molecular weight excluding hydrogens is 435 g/mol. The first kappa shape index (κ1) is 19.4. The van der Waals surface area contributed by atoms with Crippen molar-refractivity contribution in [3.8, 4) is 0 Å². The Labute approximate surface area is 172 Å².